The number of anilines is 1. The smallest absolute Gasteiger partial charge is 0.224 e. The molecule has 3 rings (SSSR count). The normalized spacial score (nSPS) is 28.1. The number of carbonyl (C=O) groups excluding carboxylic acids is 1. The maximum atomic E-state index is 12.2. The highest BCUT2D eigenvalue weighted by Crippen LogP contribution is 2.49. The van der Waals surface area contributed by atoms with Gasteiger partial charge in [-0.25, -0.2) is 0 Å². The number of benzene rings is 1. The molecule has 1 N–H and O–H groups in total. The average Bonchev–Trinajstić information content (AvgIpc) is 3.01. The Morgan fingerprint density at radius 1 is 1.30 bits per heavy atom. The molecule has 108 valence electrons. The molecule has 0 heterocycles. The van der Waals surface area contributed by atoms with Crippen LogP contribution in [0.4, 0.5) is 5.69 Å². The molecule has 2 bridgehead atoms. The average molecular weight is 271 g/mol. The van der Waals surface area contributed by atoms with Crippen molar-refractivity contribution >= 4 is 11.6 Å². The molecule has 2 heteroatoms. The van der Waals surface area contributed by atoms with Crippen molar-refractivity contribution in [2.45, 2.75) is 51.9 Å². The van der Waals surface area contributed by atoms with Crippen LogP contribution in [0.15, 0.2) is 24.3 Å². The molecular weight excluding hydrogens is 246 g/mol. The topological polar surface area (TPSA) is 29.1 Å². The summed E-state index contributed by atoms with van der Waals surface area (Å²) in [5, 5.41) is 3.08. The molecule has 2 aliphatic carbocycles. The van der Waals surface area contributed by atoms with Crippen LogP contribution < -0.4 is 5.32 Å². The second kappa shape index (κ2) is 5.59. The summed E-state index contributed by atoms with van der Waals surface area (Å²) in [5.74, 6) is 3.08. The van der Waals surface area contributed by atoms with Gasteiger partial charge in [0.1, 0.15) is 0 Å². The minimum Gasteiger partial charge on any atom is -0.326 e. The lowest BCUT2D eigenvalue weighted by Crippen LogP contribution is -2.20. The lowest BCUT2D eigenvalue weighted by Gasteiger charge is -2.21. The molecule has 1 aromatic rings. The van der Waals surface area contributed by atoms with Crippen LogP contribution in [0.25, 0.3) is 0 Å². The van der Waals surface area contributed by atoms with Crippen molar-refractivity contribution < 1.29 is 4.79 Å². The van der Waals surface area contributed by atoms with E-state index in [1.165, 1.54) is 31.2 Å². The fraction of sp³-hybridized carbons (Fsp3) is 0.611. The van der Waals surface area contributed by atoms with E-state index in [2.05, 4.69) is 31.3 Å². The third-order valence-electron chi connectivity index (χ3n) is 5.17. The second-order valence-electron chi connectivity index (χ2n) is 6.97. The third-order valence-corrected chi connectivity index (χ3v) is 5.17. The number of hydrogen-bond acceptors (Lipinski definition) is 1. The summed E-state index contributed by atoms with van der Waals surface area (Å²) in [5.41, 5.74) is 2.23. The van der Waals surface area contributed by atoms with Crippen molar-refractivity contribution in [1.82, 2.24) is 0 Å². The predicted octanol–water partition coefficient (Wildman–Crippen LogP) is 4.57. The van der Waals surface area contributed by atoms with Crippen molar-refractivity contribution in [2.24, 2.45) is 17.8 Å². The molecule has 0 spiro atoms. The van der Waals surface area contributed by atoms with E-state index in [9.17, 15) is 4.79 Å². The summed E-state index contributed by atoms with van der Waals surface area (Å²) in [7, 11) is 0. The Morgan fingerprint density at radius 2 is 2.15 bits per heavy atom. The van der Waals surface area contributed by atoms with Crippen molar-refractivity contribution in [2.75, 3.05) is 5.32 Å². The molecular formula is C18H25NO. The van der Waals surface area contributed by atoms with E-state index in [0.29, 0.717) is 18.3 Å². The zero-order chi connectivity index (χ0) is 14.1. The number of nitrogens with one attached hydrogen (secondary N) is 1. The Bertz CT molecular complexity index is 494. The lowest BCUT2D eigenvalue weighted by molar-refractivity contribution is -0.117. The van der Waals surface area contributed by atoms with Crippen LogP contribution in [0.5, 0.6) is 0 Å². The van der Waals surface area contributed by atoms with Crippen LogP contribution in [0.1, 0.15) is 57.4 Å². The van der Waals surface area contributed by atoms with Gasteiger partial charge in [0.05, 0.1) is 0 Å². The summed E-state index contributed by atoms with van der Waals surface area (Å²) >= 11 is 0. The van der Waals surface area contributed by atoms with E-state index in [4.69, 9.17) is 0 Å². The van der Waals surface area contributed by atoms with Gasteiger partial charge in [-0.15, -0.1) is 0 Å². The first-order valence-corrected chi connectivity index (χ1v) is 8.01. The molecule has 1 aromatic carbocycles. The Morgan fingerprint density at radius 3 is 2.80 bits per heavy atom. The first kappa shape index (κ1) is 13.7. The Labute approximate surface area is 122 Å². The van der Waals surface area contributed by atoms with Gasteiger partial charge in [-0.1, -0.05) is 32.4 Å². The molecule has 0 unspecified atom stereocenters. The van der Waals surface area contributed by atoms with Gasteiger partial charge in [-0.2, -0.15) is 0 Å². The van der Waals surface area contributed by atoms with Crippen LogP contribution in [-0.2, 0) is 4.79 Å². The number of carbonyl (C=O) groups is 1. The quantitative estimate of drug-likeness (QED) is 0.853. The minimum atomic E-state index is 0.198. The van der Waals surface area contributed by atoms with Crippen molar-refractivity contribution in [1.29, 1.82) is 0 Å². The zero-order valence-corrected chi connectivity index (χ0v) is 12.6. The first-order valence-electron chi connectivity index (χ1n) is 8.01. The highest BCUT2D eigenvalue weighted by molar-refractivity contribution is 5.91. The van der Waals surface area contributed by atoms with Crippen molar-refractivity contribution in [3.8, 4) is 0 Å². The number of rotatable bonds is 4. The fourth-order valence-electron chi connectivity index (χ4n) is 4.05. The van der Waals surface area contributed by atoms with Gasteiger partial charge >= 0.3 is 0 Å². The minimum absolute atomic E-state index is 0.198. The molecule has 2 fully saturated rings. The van der Waals surface area contributed by atoms with Crippen LogP contribution in [0, 0.1) is 17.8 Å². The molecule has 2 nitrogen and oxygen atoms in total. The molecule has 20 heavy (non-hydrogen) atoms. The van der Waals surface area contributed by atoms with Crippen LogP contribution >= 0.6 is 0 Å². The Kier molecular flexibility index (Phi) is 3.82. The summed E-state index contributed by atoms with van der Waals surface area (Å²) in [4.78, 5) is 12.2. The van der Waals surface area contributed by atoms with Gasteiger partial charge in [0.15, 0.2) is 0 Å². The maximum Gasteiger partial charge on any atom is 0.224 e. The number of hydrogen-bond donors (Lipinski definition) is 1. The summed E-state index contributed by atoms with van der Waals surface area (Å²) in [6.45, 7) is 4.35. The van der Waals surface area contributed by atoms with Crippen molar-refractivity contribution in [3.05, 3.63) is 29.8 Å². The molecule has 1 amide bonds. The van der Waals surface area contributed by atoms with Gasteiger partial charge in [0.25, 0.3) is 0 Å². The number of amides is 1. The van der Waals surface area contributed by atoms with E-state index in [0.717, 1.165) is 17.5 Å². The van der Waals surface area contributed by atoms with E-state index in [1.807, 2.05) is 12.1 Å². The highest BCUT2D eigenvalue weighted by Gasteiger charge is 2.40. The first-order chi connectivity index (χ1) is 9.61. The highest BCUT2D eigenvalue weighted by atomic mass is 16.1. The van der Waals surface area contributed by atoms with E-state index in [-0.39, 0.29) is 5.91 Å². The van der Waals surface area contributed by atoms with Crippen LogP contribution in [0.3, 0.4) is 0 Å². The Balaban J connectivity index is 1.57. The third kappa shape index (κ3) is 2.89. The SMILES string of the molecule is CC(C)c1cccc(NC(=O)C[C@@H]2C[C@H]3CC[C@@H]2C3)c1. The molecule has 2 saturated carbocycles. The van der Waals surface area contributed by atoms with Gasteiger partial charge in [0, 0.05) is 12.1 Å². The zero-order valence-electron chi connectivity index (χ0n) is 12.6. The number of fused-ring (bicyclic) bond motifs is 2. The molecule has 0 radical (unpaired) electrons. The molecule has 0 aliphatic heterocycles. The predicted molar refractivity (Wildman–Crippen MR) is 82.7 cm³/mol. The molecule has 3 atom stereocenters. The summed E-state index contributed by atoms with van der Waals surface area (Å²) in [6.07, 6.45) is 6.13. The molecule has 2 aliphatic rings. The van der Waals surface area contributed by atoms with E-state index in [1.54, 1.807) is 0 Å². The lowest BCUT2D eigenvalue weighted by atomic mass is 9.86. The van der Waals surface area contributed by atoms with Gasteiger partial charge in [-0.05, 0) is 60.6 Å². The van der Waals surface area contributed by atoms with E-state index < -0.39 is 0 Å². The van der Waals surface area contributed by atoms with Gasteiger partial charge in [0.2, 0.25) is 5.91 Å². The Hall–Kier alpha value is -1.31. The summed E-state index contributed by atoms with van der Waals surface area (Å²) in [6, 6.07) is 8.24. The molecule has 0 aromatic heterocycles. The molecule has 0 saturated heterocycles. The van der Waals surface area contributed by atoms with Crippen molar-refractivity contribution in [3.63, 3.8) is 0 Å². The fourth-order valence-corrected chi connectivity index (χ4v) is 4.05. The monoisotopic (exact) mass is 271 g/mol. The largest absolute Gasteiger partial charge is 0.326 e. The van der Waals surface area contributed by atoms with Gasteiger partial charge < -0.3 is 5.32 Å². The summed E-state index contributed by atoms with van der Waals surface area (Å²) < 4.78 is 0. The van der Waals surface area contributed by atoms with Crippen LogP contribution in [-0.4, -0.2) is 5.91 Å². The van der Waals surface area contributed by atoms with Crippen LogP contribution in [0.2, 0.25) is 0 Å². The van der Waals surface area contributed by atoms with E-state index >= 15 is 0 Å². The maximum absolute atomic E-state index is 12.2. The second-order valence-corrected chi connectivity index (χ2v) is 6.97. The van der Waals surface area contributed by atoms with Gasteiger partial charge in [-0.3, -0.25) is 4.79 Å². The standard InChI is InChI=1S/C18H25NO/c1-12(2)14-4-3-5-17(10-14)19-18(20)11-16-9-13-6-7-15(16)8-13/h3-5,10,12-13,15-16H,6-9,11H2,1-2H3,(H,19,20)/t13-,15+,16-/m0/s1.